The highest BCUT2D eigenvalue weighted by molar-refractivity contribution is 4.80. The predicted octanol–water partition coefficient (Wildman–Crippen LogP) is 1.88. The Morgan fingerprint density at radius 2 is 2.00 bits per heavy atom. The number of aliphatic hydroxyl groups is 1. The van der Waals surface area contributed by atoms with Gasteiger partial charge < -0.3 is 10.0 Å². The minimum absolute atomic E-state index is 0.0473. The summed E-state index contributed by atoms with van der Waals surface area (Å²) in [5, 5.41) is 9.45. The number of aliphatic hydroxyl groups excluding tert-OH is 1. The molecule has 1 heterocycles. The Morgan fingerprint density at radius 3 is 2.64 bits per heavy atom. The van der Waals surface area contributed by atoms with Gasteiger partial charge in [-0.25, -0.2) is 0 Å². The molecule has 0 spiro atoms. The second-order valence-corrected chi connectivity index (χ2v) is 5.22. The van der Waals surface area contributed by atoms with Crippen molar-refractivity contribution in [2.45, 2.75) is 45.1 Å². The molecule has 0 bridgehead atoms. The quantitative estimate of drug-likeness (QED) is 0.730. The number of rotatable bonds is 2. The highest BCUT2D eigenvalue weighted by Crippen LogP contribution is 2.30. The first-order valence-electron chi connectivity index (χ1n) is 6.16. The van der Waals surface area contributed by atoms with Crippen molar-refractivity contribution < 1.29 is 5.11 Å². The molecule has 0 radical (unpaired) electrons. The van der Waals surface area contributed by atoms with Crippen molar-refractivity contribution in [1.29, 1.82) is 0 Å². The van der Waals surface area contributed by atoms with Crippen molar-refractivity contribution in [2.24, 2.45) is 11.8 Å². The van der Waals surface area contributed by atoms with Gasteiger partial charge in [0.25, 0.3) is 0 Å². The highest BCUT2D eigenvalue weighted by atomic mass is 16.3. The van der Waals surface area contributed by atoms with E-state index in [0.717, 1.165) is 31.3 Å². The van der Waals surface area contributed by atoms with E-state index in [2.05, 4.69) is 11.8 Å². The SMILES string of the molecule is CC1CCCCC1CN1CC[C@H](O)C1. The van der Waals surface area contributed by atoms with E-state index in [-0.39, 0.29) is 6.10 Å². The van der Waals surface area contributed by atoms with E-state index in [1.165, 1.54) is 32.2 Å². The zero-order valence-corrected chi connectivity index (χ0v) is 9.28. The molecule has 82 valence electrons. The Hall–Kier alpha value is -0.0800. The van der Waals surface area contributed by atoms with Crippen LogP contribution in [0.25, 0.3) is 0 Å². The molecule has 2 heteroatoms. The number of hydrogen-bond acceptors (Lipinski definition) is 2. The first-order valence-corrected chi connectivity index (χ1v) is 6.16. The van der Waals surface area contributed by atoms with Crippen molar-refractivity contribution >= 4 is 0 Å². The van der Waals surface area contributed by atoms with Crippen LogP contribution in [0.1, 0.15) is 39.0 Å². The first kappa shape index (κ1) is 10.4. The smallest absolute Gasteiger partial charge is 0.0679 e. The summed E-state index contributed by atoms with van der Waals surface area (Å²) in [4.78, 5) is 2.46. The largest absolute Gasteiger partial charge is 0.392 e. The zero-order chi connectivity index (χ0) is 9.97. The molecule has 2 unspecified atom stereocenters. The van der Waals surface area contributed by atoms with Crippen molar-refractivity contribution in [2.75, 3.05) is 19.6 Å². The van der Waals surface area contributed by atoms with Crippen LogP contribution in [0.4, 0.5) is 0 Å². The van der Waals surface area contributed by atoms with Crippen LogP contribution < -0.4 is 0 Å². The van der Waals surface area contributed by atoms with Crippen molar-refractivity contribution in [1.82, 2.24) is 4.90 Å². The van der Waals surface area contributed by atoms with E-state index in [9.17, 15) is 5.11 Å². The van der Waals surface area contributed by atoms with Gasteiger partial charge >= 0.3 is 0 Å². The predicted molar refractivity (Wildman–Crippen MR) is 58.2 cm³/mol. The van der Waals surface area contributed by atoms with E-state index in [4.69, 9.17) is 0 Å². The molecule has 14 heavy (non-hydrogen) atoms. The maximum Gasteiger partial charge on any atom is 0.0679 e. The van der Waals surface area contributed by atoms with Crippen LogP contribution >= 0.6 is 0 Å². The van der Waals surface area contributed by atoms with Gasteiger partial charge in [-0.15, -0.1) is 0 Å². The number of nitrogens with zero attached hydrogens (tertiary/aromatic N) is 1. The molecule has 1 N–H and O–H groups in total. The Balaban J connectivity index is 1.78. The van der Waals surface area contributed by atoms with Gasteiger partial charge in [-0.1, -0.05) is 26.2 Å². The lowest BCUT2D eigenvalue weighted by atomic mass is 9.80. The third-order valence-corrected chi connectivity index (χ3v) is 4.03. The Labute approximate surface area is 87.3 Å². The van der Waals surface area contributed by atoms with Crippen LogP contribution in [0.3, 0.4) is 0 Å². The molecule has 1 aliphatic heterocycles. The number of hydrogen-bond donors (Lipinski definition) is 1. The van der Waals surface area contributed by atoms with Gasteiger partial charge in [0, 0.05) is 19.6 Å². The molecule has 1 saturated heterocycles. The summed E-state index contributed by atoms with van der Waals surface area (Å²) in [5.74, 6) is 1.80. The normalized spacial score (nSPS) is 40.3. The maximum atomic E-state index is 9.45. The summed E-state index contributed by atoms with van der Waals surface area (Å²) < 4.78 is 0. The van der Waals surface area contributed by atoms with E-state index >= 15 is 0 Å². The average Bonchev–Trinajstić information content (AvgIpc) is 2.56. The summed E-state index contributed by atoms with van der Waals surface area (Å²) >= 11 is 0. The molecule has 0 amide bonds. The molecule has 2 fully saturated rings. The summed E-state index contributed by atoms with van der Waals surface area (Å²) in [5.41, 5.74) is 0. The van der Waals surface area contributed by atoms with Crippen molar-refractivity contribution in [3.63, 3.8) is 0 Å². The van der Waals surface area contributed by atoms with Crippen LogP contribution in [-0.4, -0.2) is 35.7 Å². The van der Waals surface area contributed by atoms with E-state index < -0.39 is 0 Å². The van der Waals surface area contributed by atoms with Gasteiger partial charge in [0.1, 0.15) is 0 Å². The molecule has 2 nitrogen and oxygen atoms in total. The molecule has 3 atom stereocenters. The Kier molecular flexibility index (Phi) is 3.45. The fraction of sp³-hybridized carbons (Fsp3) is 1.00. The summed E-state index contributed by atoms with van der Waals surface area (Å²) in [7, 11) is 0. The molecular formula is C12H23NO. The zero-order valence-electron chi connectivity index (χ0n) is 9.28. The summed E-state index contributed by atoms with van der Waals surface area (Å²) in [6.45, 7) is 5.67. The fourth-order valence-electron chi connectivity index (χ4n) is 2.97. The molecule has 2 rings (SSSR count). The third kappa shape index (κ3) is 2.48. The summed E-state index contributed by atoms with van der Waals surface area (Å²) in [6.07, 6.45) is 6.62. The maximum absolute atomic E-state index is 9.45. The van der Waals surface area contributed by atoms with Crippen molar-refractivity contribution in [3.05, 3.63) is 0 Å². The van der Waals surface area contributed by atoms with Gasteiger partial charge in [0.15, 0.2) is 0 Å². The number of β-amino-alcohol motifs (C(OH)–C–C–N with tert-alkyl or cyclic N) is 1. The lowest BCUT2D eigenvalue weighted by Crippen LogP contribution is -2.32. The monoisotopic (exact) mass is 197 g/mol. The molecule has 0 aromatic heterocycles. The van der Waals surface area contributed by atoms with E-state index in [1.807, 2.05) is 0 Å². The Bertz CT molecular complexity index is 183. The standard InChI is InChI=1S/C12H23NO/c1-10-4-2-3-5-11(10)8-13-7-6-12(14)9-13/h10-12,14H,2-9H2,1H3/t10?,11?,12-/m0/s1. The second kappa shape index (κ2) is 4.63. The molecular weight excluding hydrogens is 174 g/mol. The van der Waals surface area contributed by atoms with Crippen molar-refractivity contribution in [3.8, 4) is 0 Å². The fourth-order valence-corrected chi connectivity index (χ4v) is 2.97. The minimum atomic E-state index is -0.0473. The van der Waals surface area contributed by atoms with E-state index in [0.29, 0.717) is 0 Å². The Morgan fingerprint density at radius 1 is 1.21 bits per heavy atom. The summed E-state index contributed by atoms with van der Waals surface area (Å²) in [6, 6.07) is 0. The first-order chi connectivity index (χ1) is 6.75. The molecule has 0 aromatic rings. The van der Waals surface area contributed by atoms with Gasteiger partial charge in [0.2, 0.25) is 0 Å². The topological polar surface area (TPSA) is 23.5 Å². The minimum Gasteiger partial charge on any atom is -0.392 e. The molecule has 1 saturated carbocycles. The molecule has 2 aliphatic rings. The van der Waals surface area contributed by atoms with Gasteiger partial charge in [-0.3, -0.25) is 0 Å². The van der Waals surface area contributed by atoms with E-state index in [1.54, 1.807) is 0 Å². The van der Waals surface area contributed by atoms with Crippen LogP contribution in [0, 0.1) is 11.8 Å². The second-order valence-electron chi connectivity index (χ2n) is 5.22. The third-order valence-electron chi connectivity index (χ3n) is 4.03. The number of likely N-dealkylation sites (tertiary alicyclic amines) is 1. The highest BCUT2D eigenvalue weighted by Gasteiger charge is 2.27. The lowest BCUT2D eigenvalue weighted by molar-refractivity contribution is 0.147. The lowest BCUT2D eigenvalue weighted by Gasteiger charge is -2.32. The van der Waals surface area contributed by atoms with Gasteiger partial charge in [0.05, 0.1) is 6.10 Å². The van der Waals surface area contributed by atoms with Crippen LogP contribution in [0.2, 0.25) is 0 Å². The van der Waals surface area contributed by atoms with Crippen LogP contribution in [0.5, 0.6) is 0 Å². The molecule has 1 aliphatic carbocycles. The average molecular weight is 197 g/mol. The molecule has 0 aromatic carbocycles. The van der Waals surface area contributed by atoms with Crippen LogP contribution in [-0.2, 0) is 0 Å². The van der Waals surface area contributed by atoms with Gasteiger partial charge in [-0.2, -0.15) is 0 Å². The van der Waals surface area contributed by atoms with Crippen LogP contribution in [0.15, 0.2) is 0 Å². The van der Waals surface area contributed by atoms with Gasteiger partial charge in [-0.05, 0) is 24.7 Å².